The third-order valence-corrected chi connectivity index (χ3v) is 5.16. The molecule has 0 aromatic rings. The lowest BCUT2D eigenvalue weighted by Gasteiger charge is -2.23. The Morgan fingerprint density at radius 2 is 1.71 bits per heavy atom. The maximum Gasteiger partial charge on any atom is 0.257 e. The van der Waals surface area contributed by atoms with Crippen LogP contribution < -0.4 is 0 Å². The van der Waals surface area contributed by atoms with E-state index in [0.717, 1.165) is 6.42 Å². The lowest BCUT2D eigenvalue weighted by molar-refractivity contribution is -0.137. The molecule has 0 saturated carbocycles. The van der Waals surface area contributed by atoms with Crippen molar-refractivity contribution in [3.05, 3.63) is 11.6 Å². The molecular formula is C19H31NO3S. The molecule has 0 bridgehead atoms. The van der Waals surface area contributed by atoms with Gasteiger partial charge < -0.3 is 0 Å². The van der Waals surface area contributed by atoms with Crippen molar-refractivity contribution in [1.82, 2.24) is 4.90 Å². The van der Waals surface area contributed by atoms with Gasteiger partial charge in [0.05, 0.1) is 0 Å². The van der Waals surface area contributed by atoms with Crippen molar-refractivity contribution in [3.8, 4) is 0 Å². The summed E-state index contributed by atoms with van der Waals surface area (Å²) in [6.45, 7) is 14.6. The summed E-state index contributed by atoms with van der Waals surface area (Å²) in [5.74, 6) is -0.437. The highest BCUT2D eigenvalue weighted by Gasteiger charge is 2.36. The molecular weight excluding hydrogens is 322 g/mol. The van der Waals surface area contributed by atoms with E-state index in [1.54, 1.807) is 0 Å². The van der Waals surface area contributed by atoms with Crippen molar-refractivity contribution in [2.24, 2.45) is 5.41 Å². The first-order valence-corrected chi connectivity index (χ1v) is 9.47. The number of carbonyl (C=O) groups excluding carboxylic acids is 3. The second-order valence-electron chi connectivity index (χ2n) is 8.47. The largest absolute Gasteiger partial charge is 0.300 e. The predicted molar refractivity (Wildman–Crippen MR) is 99.9 cm³/mol. The van der Waals surface area contributed by atoms with Crippen molar-refractivity contribution in [2.75, 3.05) is 6.54 Å². The zero-order valence-corrected chi connectivity index (χ0v) is 16.9. The Balaban J connectivity index is 2.44. The van der Waals surface area contributed by atoms with Crippen molar-refractivity contribution in [1.29, 1.82) is 0 Å². The maximum atomic E-state index is 12.3. The van der Waals surface area contributed by atoms with Crippen LogP contribution in [-0.4, -0.2) is 39.0 Å². The third kappa shape index (κ3) is 6.42. The highest BCUT2D eigenvalue weighted by molar-refractivity contribution is 8.01. The fourth-order valence-electron chi connectivity index (χ4n) is 2.65. The molecule has 1 aliphatic rings. The molecule has 0 aliphatic carbocycles. The minimum atomic E-state index is -0.356. The van der Waals surface area contributed by atoms with Gasteiger partial charge in [-0.1, -0.05) is 48.5 Å². The van der Waals surface area contributed by atoms with Crippen LogP contribution in [0.1, 0.15) is 67.7 Å². The molecule has 24 heavy (non-hydrogen) atoms. The molecule has 0 radical (unpaired) electrons. The summed E-state index contributed by atoms with van der Waals surface area (Å²) >= 11 is 1.87. The Morgan fingerprint density at radius 3 is 2.17 bits per heavy atom. The van der Waals surface area contributed by atoms with E-state index in [9.17, 15) is 14.4 Å². The van der Waals surface area contributed by atoms with Crippen LogP contribution in [0.15, 0.2) is 11.6 Å². The van der Waals surface area contributed by atoms with Crippen molar-refractivity contribution in [3.63, 3.8) is 0 Å². The quantitative estimate of drug-likeness (QED) is 0.650. The summed E-state index contributed by atoms with van der Waals surface area (Å²) in [7, 11) is 0. The normalized spacial score (nSPS) is 17.3. The summed E-state index contributed by atoms with van der Waals surface area (Å²) in [6, 6.07) is 0. The second-order valence-corrected chi connectivity index (χ2v) is 10.7. The first-order valence-electron chi connectivity index (χ1n) is 8.59. The molecule has 1 rings (SSSR count). The van der Waals surface area contributed by atoms with Gasteiger partial charge in [-0.15, -0.1) is 0 Å². The van der Waals surface area contributed by atoms with Gasteiger partial charge in [0.2, 0.25) is 0 Å². The van der Waals surface area contributed by atoms with E-state index in [-0.39, 0.29) is 40.7 Å². The van der Waals surface area contributed by atoms with Gasteiger partial charge in [-0.25, -0.2) is 0 Å². The monoisotopic (exact) mass is 353 g/mol. The average molecular weight is 354 g/mol. The highest BCUT2D eigenvalue weighted by atomic mass is 32.2. The number of Topliss-reactive ketones (excluding diaryl/α,β-unsaturated/α-hetero) is 1. The number of nitrogens with zero attached hydrogens (tertiary/aromatic N) is 1. The molecule has 0 aromatic heterocycles. The fraction of sp³-hybridized carbons (Fsp3) is 0.737. The topological polar surface area (TPSA) is 54.5 Å². The Morgan fingerprint density at radius 1 is 1.12 bits per heavy atom. The minimum absolute atomic E-state index is 0.112. The lowest BCUT2D eigenvalue weighted by Crippen LogP contribution is -2.34. The molecule has 1 atom stereocenters. The Kier molecular flexibility index (Phi) is 6.85. The molecule has 0 fully saturated rings. The van der Waals surface area contributed by atoms with E-state index in [1.165, 1.54) is 11.0 Å². The number of hydrogen-bond donors (Lipinski definition) is 0. The van der Waals surface area contributed by atoms with Gasteiger partial charge in [0.25, 0.3) is 11.8 Å². The first-order chi connectivity index (χ1) is 10.8. The molecule has 1 aliphatic heterocycles. The molecule has 0 N–H and O–H groups in total. The van der Waals surface area contributed by atoms with Gasteiger partial charge in [-0.2, -0.15) is 11.8 Å². The first kappa shape index (κ1) is 20.9. The van der Waals surface area contributed by atoms with E-state index < -0.39 is 0 Å². The number of thioether (sulfide) groups is 1. The SMILES string of the molecule is CC(CCC(=O)CCN1C(=O)C=C(C(C)(C)C)C1=O)SC(C)(C)C. The molecule has 2 amide bonds. The zero-order valence-electron chi connectivity index (χ0n) is 16.1. The van der Waals surface area contributed by atoms with Gasteiger partial charge in [-0.05, 0) is 11.8 Å². The van der Waals surface area contributed by atoms with Crippen LogP contribution in [0, 0.1) is 5.41 Å². The number of amides is 2. The number of carbonyl (C=O) groups is 3. The Hall–Kier alpha value is -1.10. The van der Waals surface area contributed by atoms with Gasteiger partial charge in [0.15, 0.2) is 0 Å². The standard InChI is InChI=1S/C19H31NO3S/c1-13(24-19(5,6)7)8-9-14(21)10-11-20-16(22)12-15(17(20)23)18(2,3)4/h12-13H,8-11H2,1-7H3. The Labute approximate surface area is 150 Å². The van der Waals surface area contributed by atoms with E-state index in [1.807, 2.05) is 32.5 Å². The summed E-state index contributed by atoms with van der Waals surface area (Å²) in [4.78, 5) is 37.6. The predicted octanol–water partition coefficient (Wildman–Crippen LogP) is 3.99. The number of ketones is 1. The second kappa shape index (κ2) is 7.85. The minimum Gasteiger partial charge on any atom is -0.300 e. The molecule has 1 heterocycles. The third-order valence-electron chi connectivity index (χ3n) is 3.82. The van der Waals surface area contributed by atoms with Gasteiger partial charge >= 0.3 is 0 Å². The summed E-state index contributed by atoms with van der Waals surface area (Å²) in [5.41, 5.74) is 0.167. The Bertz CT molecular complexity index is 538. The summed E-state index contributed by atoms with van der Waals surface area (Å²) in [5, 5.41) is 0.415. The van der Waals surface area contributed by atoms with E-state index in [4.69, 9.17) is 0 Å². The van der Waals surface area contributed by atoms with Gasteiger partial charge in [0, 0.05) is 41.0 Å². The summed E-state index contributed by atoms with van der Waals surface area (Å²) in [6.07, 6.45) is 2.98. The number of rotatable bonds is 7. The van der Waals surface area contributed by atoms with Crippen LogP contribution in [0.2, 0.25) is 0 Å². The van der Waals surface area contributed by atoms with Gasteiger partial charge in [0.1, 0.15) is 5.78 Å². The van der Waals surface area contributed by atoms with E-state index in [0.29, 0.717) is 17.2 Å². The smallest absolute Gasteiger partial charge is 0.257 e. The van der Waals surface area contributed by atoms with Crippen LogP contribution in [-0.2, 0) is 14.4 Å². The lowest BCUT2D eigenvalue weighted by atomic mass is 9.86. The highest BCUT2D eigenvalue weighted by Crippen LogP contribution is 2.31. The molecule has 0 aromatic carbocycles. The fourth-order valence-corrected chi connectivity index (χ4v) is 4.09. The molecule has 5 heteroatoms. The van der Waals surface area contributed by atoms with Crippen LogP contribution in [0.3, 0.4) is 0 Å². The molecule has 0 saturated heterocycles. The van der Waals surface area contributed by atoms with Crippen LogP contribution >= 0.6 is 11.8 Å². The maximum absolute atomic E-state index is 12.3. The van der Waals surface area contributed by atoms with E-state index >= 15 is 0 Å². The number of hydrogen-bond acceptors (Lipinski definition) is 4. The molecule has 0 spiro atoms. The van der Waals surface area contributed by atoms with Crippen molar-refractivity contribution in [2.45, 2.75) is 77.7 Å². The zero-order chi connectivity index (χ0) is 18.7. The molecule has 1 unspecified atom stereocenters. The van der Waals surface area contributed by atoms with Crippen LogP contribution in [0.4, 0.5) is 0 Å². The van der Waals surface area contributed by atoms with Crippen molar-refractivity contribution < 1.29 is 14.4 Å². The molecule has 136 valence electrons. The van der Waals surface area contributed by atoms with E-state index in [2.05, 4.69) is 27.7 Å². The van der Waals surface area contributed by atoms with Crippen molar-refractivity contribution >= 4 is 29.4 Å². The van der Waals surface area contributed by atoms with Crippen LogP contribution in [0.25, 0.3) is 0 Å². The summed E-state index contributed by atoms with van der Waals surface area (Å²) < 4.78 is 0.186. The average Bonchev–Trinajstić information content (AvgIpc) is 2.67. The van der Waals surface area contributed by atoms with Gasteiger partial charge in [-0.3, -0.25) is 19.3 Å². The van der Waals surface area contributed by atoms with Crippen LogP contribution in [0.5, 0.6) is 0 Å². The molecule has 4 nitrogen and oxygen atoms in total. The number of imide groups is 1.